The molecule has 2 fully saturated rings. The predicted octanol–water partition coefficient (Wildman–Crippen LogP) is 3.82. The first-order valence-electron chi connectivity index (χ1n) is 11.0. The number of carbonyl (C=O) groups excluding carboxylic acids is 1. The Morgan fingerprint density at radius 1 is 1.26 bits per heavy atom. The molecule has 1 atom stereocenters. The molecule has 2 aromatic heterocycles. The van der Waals surface area contributed by atoms with Crippen molar-refractivity contribution < 1.29 is 13.7 Å². The molecule has 31 heavy (non-hydrogen) atoms. The maximum atomic E-state index is 13.3. The van der Waals surface area contributed by atoms with Crippen LogP contribution in [0, 0.1) is 11.7 Å². The van der Waals surface area contributed by atoms with Crippen molar-refractivity contribution in [3.05, 3.63) is 54.4 Å². The molecule has 2 aliphatic rings. The topological polar surface area (TPSA) is 77.0 Å². The fourth-order valence-electron chi connectivity index (χ4n) is 4.61. The van der Waals surface area contributed by atoms with Gasteiger partial charge in [-0.2, -0.15) is 10.1 Å². The average Bonchev–Trinajstić information content (AvgIpc) is 3.23. The minimum Gasteiger partial charge on any atom is -0.342 e. The molecule has 1 aliphatic carbocycles. The Hall–Kier alpha value is -3.03. The molecule has 1 unspecified atom stereocenters. The molecule has 0 radical (unpaired) electrons. The molecular formula is C23H26FN5O2. The smallest absolute Gasteiger partial charge is 0.257 e. The SMILES string of the molecule is O=C(CCn1cccn1)N1CCCC(CC2CC2)(c2noc(-c3ccc(F)cc3)n2)C1. The molecule has 1 saturated heterocycles. The standard InChI is InChI=1S/C23H26FN5O2/c24-19-7-5-18(6-8-19)21-26-22(27-31-21)23(15-17-3-4-17)10-1-12-28(16-23)20(30)9-14-29-13-2-11-25-29/h2,5-8,11,13,17H,1,3-4,9-10,12,14-16H2. The molecule has 1 amide bonds. The van der Waals surface area contributed by atoms with Gasteiger partial charge in [0.15, 0.2) is 5.82 Å². The third-order valence-electron chi connectivity index (χ3n) is 6.41. The molecule has 1 saturated carbocycles. The molecule has 1 aliphatic heterocycles. The fraction of sp³-hybridized carbons (Fsp3) is 0.478. The number of rotatable bonds is 7. The molecule has 7 nitrogen and oxygen atoms in total. The lowest BCUT2D eigenvalue weighted by molar-refractivity contribution is -0.134. The number of benzene rings is 1. The van der Waals surface area contributed by atoms with Crippen LogP contribution in [0.2, 0.25) is 0 Å². The van der Waals surface area contributed by atoms with Crippen molar-refractivity contribution in [1.82, 2.24) is 24.8 Å². The summed E-state index contributed by atoms with van der Waals surface area (Å²) in [6.45, 7) is 1.95. The summed E-state index contributed by atoms with van der Waals surface area (Å²) in [4.78, 5) is 19.6. The minimum absolute atomic E-state index is 0.137. The van der Waals surface area contributed by atoms with Crippen LogP contribution in [-0.2, 0) is 16.8 Å². The second-order valence-electron chi connectivity index (χ2n) is 8.80. The lowest BCUT2D eigenvalue weighted by Gasteiger charge is -2.41. The Balaban J connectivity index is 1.35. The highest BCUT2D eigenvalue weighted by Crippen LogP contribution is 2.46. The van der Waals surface area contributed by atoms with E-state index < -0.39 is 0 Å². The van der Waals surface area contributed by atoms with Crippen molar-refractivity contribution >= 4 is 5.91 Å². The molecule has 0 N–H and O–H groups in total. The molecule has 0 spiro atoms. The van der Waals surface area contributed by atoms with Gasteiger partial charge in [0, 0.05) is 44.0 Å². The second kappa shape index (κ2) is 8.24. The van der Waals surface area contributed by atoms with Gasteiger partial charge < -0.3 is 9.42 Å². The summed E-state index contributed by atoms with van der Waals surface area (Å²) < 4.78 is 20.6. The van der Waals surface area contributed by atoms with E-state index in [4.69, 9.17) is 9.51 Å². The van der Waals surface area contributed by atoms with Crippen LogP contribution in [0.15, 0.2) is 47.2 Å². The van der Waals surface area contributed by atoms with Crippen molar-refractivity contribution in [3.8, 4) is 11.5 Å². The van der Waals surface area contributed by atoms with Gasteiger partial charge in [0.2, 0.25) is 5.91 Å². The largest absolute Gasteiger partial charge is 0.342 e. The van der Waals surface area contributed by atoms with Gasteiger partial charge in [-0.3, -0.25) is 9.48 Å². The van der Waals surface area contributed by atoms with E-state index in [9.17, 15) is 9.18 Å². The van der Waals surface area contributed by atoms with E-state index in [0.717, 1.165) is 25.8 Å². The first-order valence-corrected chi connectivity index (χ1v) is 11.0. The van der Waals surface area contributed by atoms with E-state index in [1.807, 2.05) is 17.2 Å². The predicted molar refractivity (Wildman–Crippen MR) is 111 cm³/mol. The van der Waals surface area contributed by atoms with Gasteiger partial charge in [-0.1, -0.05) is 18.0 Å². The van der Waals surface area contributed by atoms with Gasteiger partial charge in [-0.25, -0.2) is 4.39 Å². The zero-order chi connectivity index (χ0) is 21.3. The number of amides is 1. The molecule has 5 rings (SSSR count). The van der Waals surface area contributed by atoms with Crippen LogP contribution in [0.3, 0.4) is 0 Å². The summed E-state index contributed by atoms with van der Waals surface area (Å²) >= 11 is 0. The van der Waals surface area contributed by atoms with Crippen LogP contribution in [-0.4, -0.2) is 43.8 Å². The van der Waals surface area contributed by atoms with Gasteiger partial charge >= 0.3 is 0 Å². The summed E-state index contributed by atoms with van der Waals surface area (Å²) in [6.07, 6.45) is 9.29. The number of aromatic nitrogens is 4. The van der Waals surface area contributed by atoms with Crippen molar-refractivity contribution in [2.24, 2.45) is 5.92 Å². The molecule has 162 valence electrons. The lowest BCUT2D eigenvalue weighted by atomic mass is 9.74. The molecule has 3 aromatic rings. The van der Waals surface area contributed by atoms with Crippen LogP contribution in [0.1, 0.15) is 44.3 Å². The Labute approximate surface area is 180 Å². The average molecular weight is 423 g/mol. The first-order chi connectivity index (χ1) is 15.1. The normalized spacial score (nSPS) is 21.4. The van der Waals surface area contributed by atoms with Crippen molar-refractivity contribution in [3.63, 3.8) is 0 Å². The number of hydrogen-bond acceptors (Lipinski definition) is 5. The van der Waals surface area contributed by atoms with E-state index in [2.05, 4.69) is 10.3 Å². The lowest BCUT2D eigenvalue weighted by Crippen LogP contribution is -2.49. The monoisotopic (exact) mass is 423 g/mol. The van der Waals surface area contributed by atoms with Gasteiger partial charge in [-0.15, -0.1) is 0 Å². The number of carbonyl (C=O) groups is 1. The van der Waals surface area contributed by atoms with Crippen LogP contribution < -0.4 is 0 Å². The zero-order valence-corrected chi connectivity index (χ0v) is 17.4. The maximum absolute atomic E-state index is 13.3. The first kappa shape index (κ1) is 19.9. The molecule has 0 bridgehead atoms. The van der Waals surface area contributed by atoms with Crippen molar-refractivity contribution in [2.45, 2.75) is 50.5 Å². The molecule has 8 heteroatoms. The third kappa shape index (κ3) is 4.38. The van der Waals surface area contributed by atoms with Crippen LogP contribution >= 0.6 is 0 Å². The van der Waals surface area contributed by atoms with Crippen LogP contribution in [0.25, 0.3) is 11.5 Å². The van der Waals surface area contributed by atoms with Crippen molar-refractivity contribution in [2.75, 3.05) is 13.1 Å². The van der Waals surface area contributed by atoms with E-state index in [-0.39, 0.29) is 17.1 Å². The summed E-state index contributed by atoms with van der Waals surface area (Å²) in [5.74, 6) is 1.56. The van der Waals surface area contributed by atoms with E-state index in [1.54, 1.807) is 23.0 Å². The highest BCUT2D eigenvalue weighted by Gasteiger charge is 2.45. The summed E-state index contributed by atoms with van der Waals surface area (Å²) in [7, 11) is 0. The Morgan fingerprint density at radius 3 is 2.84 bits per heavy atom. The van der Waals surface area contributed by atoms with E-state index in [1.165, 1.54) is 25.0 Å². The number of aryl methyl sites for hydroxylation is 1. The van der Waals surface area contributed by atoms with Gasteiger partial charge in [0.25, 0.3) is 5.89 Å². The number of halogens is 1. The molecule has 3 heterocycles. The highest BCUT2D eigenvalue weighted by molar-refractivity contribution is 5.76. The summed E-state index contributed by atoms with van der Waals surface area (Å²) in [5.41, 5.74) is 0.410. The number of likely N-dealkylation sites (tertiary alicyclic amines) is 1. The fourth-order valence-corrected chi connectivity index (χ4v) is 4.61. The quantitative estimate of drug-likeness (QED) is 0.577. The number of piperidine rings is 1. The van der Waals surface area contributed by atoms with Gasteiger partial charge in [0.05, 0.1) is 5.41 Å². The Bertz CT molecular complexity index is 1030. The van der Waals surface area contributed by atoms with E-state index >= 15 is 0 Å². The minimum atomic E-state index is -0.301. The Morgan fingerprint density at radius 2 is 2.10 bits per heavy atom. The number of hydrogen-bond donors (Lipinski definition) is 0. The molecule has 1 aromatic carbocycles. The Kier molecular flexibility index (Phi) is 5.29. The van der Waals surface area contributed by atoms with E-state index in [0.29, 0.717) is 42.7 Å². The second-order valence-corrected chi connectivity index (χ2v) is 8.80. The summed E-state index contributed by atoms with van der Waals surface area (Å²) in [5, 5.41) is 8.52. The molecular weight excluding hydrogens is 397 g/mol. The van der Waals surface area contributed by atoms with Crippen molar-refractivity contribution in [1.29, 1.82) is 0 Å². The highest BCUT2D eigenvalue weighted by atomic mass is 19.1. The maximum Gasteiger partial charge on any atom is 0.257 e. The van der Waals surface area contributed by atoms with Crippen LogP contribution in [0.5, 0.6) is 0 Å². The van der Waals surface area contributed by atoms with Gasteiger partial charge in [0.1, 0.15) is 5.82 Å². The zero-order valence-electron chi connectivity index (χ0n) is 17.4. The van der Waals surface area contributed by atoms with Crippen LogP contribution in [0.4, 0.5) is 4.39 Å². The summed E-state index contributed by atoms with van der Waals surface area (Å²) in [6, 6.07) is 7.93. The number of nitrogens with zero attached hydrogens (tertiary/aromatic N) is 5. The van der Waals surface area contributed by atoms with Gasteiger partial charge in [-0.05, 0) is 55.5 Å². The third-order valence-corrected chi connectivity index (χ3v) is 6.41.